The molecule has 1 amide bonds. The van der Waals surface area contributed by atoms with E-state index < -0.39 is 17.3 Å². The van der Waals surface area contributed by atoms with E-state index >= 15 is 0 Å². The number of aliphatic hydroxyl groups is 1. The van der Waals surface area contributed by atoms with Crippen LogP contribution >= 0.6 is 15.9 Å². The Morgan fingerprint density at radius 2 is 2.15 bits per heavy atom. The fraction of sp³-hybridized carbons (Fsp3) is 0.533. The molecule has 0 radical (unpaired) electrons. The Hall–Kier alpha value is -0.940. The first kappa shape index (κ1) is 17.1. The molecule has 0 aliphatic rings. The predicted molar refractivity (Wildman–Crippen MR) is 81.1 cm³/mol. The second-order valence-corrected chi connectivity index (χ2v) is 6.59. The Morgan fingerprint density at radius 1 is 1.50 bits per heavy atom. The van der Waals surface area contributed by atoms with Crippen molar-refractivity contribution in [3.8, 4) is 0 Å². The Labute approximate surface area is 127 Å². The van der Waals surface area contributed by atoms with Crippen molar-refractivity contribution >= 4 is 21.8 Å². The number of benzene rings is 1. The topological polar surface area (TPSA) is 49.3 Å². The minimum absolute atomic E-state index is 0.140. The lowest BCUT2D eigenvalue weighted by atomic mass is 9.95. The van der Waals surface area contributed by atoms with Gasteiger partial charge in [-0.2, -0.15) is 0 Å². The van der Waals surface area contributed by atoms with Crippen LogP contribution in [0.5, 0.6) is 0 Å². The lowest BCUT2D eigenvalue weighted by Crippen LogP contribution is -2.40. The zero-order chi connectivity index (χ0) is 15.3. The van der Waals surface area contributed by atoms with Gasteiger partial charge in [0.25, 0.3) is 5.91 Å². The summed E-state index contributed by atoms with van der Waals surface area (Å²) in [7, 11) is 0. The molecule has 0 aromatic heterocycles. The highest BCUT2D eigenvalue weighted by Crippen LogP contribution is 2.19. The fourth-order valence-electron chi connectivity index (χ4n) is 1.73. The van der Waals surface area contributed by atoms with E-state index in [1.165, 1.54) is 18.2 Å². The van der Waals surface area contributed by atoms with Crippen LogP contribution in [0.1, 0.15) is 44.0 Å². The molecule has 1 aromatic rings. The summed E-state index contributed by atoms with van der Waals surface area (Å²) in [4.78, 5) is 12.0. The van der Waals surface area contributed by atoms with Crippen molar-refractivity contribution in [1.29, 1.82) is 0 Å². The molecule has 1 rings (SSSR count). The van der Waals surface area contributed by atoms with Gasteiger partial charge in [0.1, 0.15) is 5.82 Å². The zero-order valence-corrected chi connectivity index (χ0v) is 13.6. The van der Waals surface area contributed by atoms with Gasteiger partial charge in [-0.1, -0.05) is 13.8 Å². The summed E-state index contributed by atoms with van der Waals surface area (Å²) in [6.07, 6.45) is 1.49. The first-order valence-corrected chi connectivity index (χ1v) is 7.46. The van der Waals surface area contributed by atoms with Crippen LogP contribution in [0.4, 0.5) is 4.39 Å². The molecule has 0 spiro atoms. The molecule has 0 saturated heterocycles. The summed E-state index contributed by atoms with van der Waals surface area (Å²) in [5.74, 6) is -0.374. The monoisotopic (exact) mass is 345 g/mol. The first-order chi connectivity index (χ1) is 9.21. The van der Waals surface area contributed by atoms with Crippen LogP contribution in [0.3, 0.4) is 0 Å². The van der Waals surface area contributed by atoms with Crippen LogP contribution in [0.25, 0.3) is 0 Å². The van der Waals surface area contributed by atoms with Gasteiger partial charge in [0.05, 0.1) is 11.2 Å². The third-order valence-electron chi connectivity index (χ3n) is 3.06. The molecule has 0 heterocycles. The number of rotatable bonds is 6. The maximum Gasteiger partial charge on any atom is 0.252 e. The van der Waals surface area contributed by atoms with Crippen molar-refractivity contribution < 1.29 is 14.3 Å². The molecule has 1 unspecified atom stereocenters. The van der Waals surface area contributed by atoms with Gasteiger partial charge in [-0.05, 0) is 59.8 Å². The molecule has 0 bridgehead atoms. The molecule has 0 fully saturated rings. The van der Waals surface area contributed by atoms with Crippen molar-refractivity contribution in [3.63, 3.8) is 0 Å². The molecule has 0 aliphatic carbocycles. The molecular weight excluding hydrogens is 325 g/mol. The average molecular weight is 346 g/mol. The van der Waals surface area contributed by atoms with Crippen molar-refractivity contribution in [1.82, 2.24) is 5.32 Å². The highest BCUT2D eigenvalue weighted by atomic mass is 79.9. The number of hydrogen-bond donors (Lipinski definition) is 2. The maximum absolute atomic E-state index is 13.1. The van der Waals surface area contributed by atoms with E-state index in [4.69, 9.17) is 0 Å². The van der Waals surface area contributed by atoms with Crippen molar-refractivity contribution in [2.24, 2.45) is 5.92 Å². The third kappa shape index (κ3) is 5.59. The third-order valence-corrected chi connectivity index (χ3v) is 3.75. The molecule has 112 valence electrons. The zero-order valence-electron chi connectivity index (χ0n) is 12.0. The van der Waals surface area contributed by atoms with E-state index in [0.717, 1.165) is 6.42 Å². The lowest BCUT2D eigenvalue weighted by Gasteiger charge is -2.24. The normalized spacial score (nSPS) is 14.2. The molecule has 3 nitrogen and oxygen atoms in total. The Kier molecular flexibility index (Phi) is 6.14. The number of nitrogens with one attached hydrogen (secondary N) is 1. The van der Waals surface area contributed by atoms with Gasteiger partial charge in [0, 0.05) is 11.0 Å². The Balaban J connectivity index is 2.60. The number of amides is 1. The van der Waals surface area contributed by atoms with E-state index in [1.54, 1.807) is 6.92 Å². The molecule has 0 aliphatic heterocycles. The van der Waals surface area contributed by atoms with E-state index in [0.29, 0.717) is 16.8 Å². The highest BCUT2D eigenvalue weighted by molar-refractivity contribution is 9.10. The fourth-order valence-corrected chi connectivity index (χ4v) is 2.15. The van der Waals surface area contributed by atoms with Crippen molar-refractivity contribution in [2.45, 2.75) is 39.2 Å². The van der Waals surface area contributed by atoms with E-state index in [2.05, 4.69) is 35.1 Å². The minimum atomic E-state index is -0.959. The van der Waals surface area contributed by atoms with Crippen LogP contribution in [0, 0.1) is 11.7 Å². The van der Waals surface area contributed by atoms with Crippen LogP contribution in [0.2, 0.25) is 0 Å². The Morgan fingerprint density at radius 3 is 2.75 bits per heavy atom. The molecule has 0 saturated carbocycles. The second kappa shape index (κ2) is 7.18. The van der Waals surface area contributed by atoms with Crippen LogP contribution in [-0.2, 0) is 0 Å². The van der Waals surface area contributed by atoms with E-state index in [1.807, 2.05) is 0 Å². The maximum atomic E-state index is 13.1. The minimum Gasteiger partial charge on any atom is -0.388 e. The second-order valence-electron chi connectivity index (χ2n) is 5.74. The largest absolute Gasteiger partial charge is 0.388 e. The standard InChI is InChI=1S/C15H21BrFNO2/c1-10(2)6-7-15(3,20)9-18-14(19)12-8-11(17)4-5-13(12)16/h4-5,8,10,20H,6-7,9H2,1-3H3,(H,18,19). The van der Waals surface area contributed by atoms with Crippen LogP contribution < -0.4 is 5.32 Å². The van der Waals surface area contributed by atoms with Crippen LogP contribution in [-0.4, -0.2) is 23.2 Å². The van der Waals surface area contributed by atoms with E-state index in [9.17, 15) is 14.3 Å². The smallest absolute Gasteiger partial charge is 0.252 e. The summed E-state index contributed by atoms with van der Waals surface area (Å²) in [6, 6.07) is 3.93. The average Bonchev–Trinajstić information content (AvgIpc) is 2.37. The summed E-state index contributed by atoms with van der Waals surface area (Å²) in [5, 5.41) is 12.8. The highest BCUT2D eigenvalue weighted by Gasteiger charge is 2.22. The molecular formula is C15H21BrFNO2. The number of hydrogen-bond acceptors (Lipinski definition) is 2. The van der Waals surface area contributed by atoms with Gasteiger partial charge >= 0.3 is 0 Å². The predicted octanol–water partition coefficient (Wildman–Crippen LogP) is 3.51. The molecule has 1 atom stereocenters. The number of carbonyl (C=O) groups is 1. The summed E-state index contributed by atoms with van der Waals surface area (Å²) in [5.41, 5.74) is -0.732. The number of halogens is 2. The molecule has 1 aromatic carbocycles. The quantitative estimate of drug-likeness (QED) is 0.828. The molecule has 2 N–H and O–H groups in total. The van der Waals surface area contributed by atoms with E-state index in [-0.39, 0.29) is 12.1 Å². The van der Waals surface area contributed by atoms with Gasteiger partial charge in [-0.15, -0.1) is 0 Å². The Bertz CT molecular complexity index is 475. The molecule has 20 heavy (non-hydrogen) atoms. The van der Waals surface area contributed by atoms with Gasteiger partial charge in [0.2, 0.25) is 0 Å². The SMILES string of the molecule is CC(C)CCC(C)(O)CNC(=O)c1cc(F)ccc1Br. The van der Waals surface area contributed by atoms with Gasteiger partial charge in [-0.25, -0.2) is 4.39 Å². The van der Waals surface area contributed by atoms with Gasteiger partial charge < -0.3 is 10.4 Å². The van der Waals surface area contributed by atoms with Gasteiger partial charge in [-0.3, -0.25) is 4.79 Å². The summed E-state index contributed by atoms with van der Waals surface area (Å²) >= 11 is 3.21. The number of carbonyl (C=O) groups excluding carboxylic acids is 1. The van der Waals surface area contributed by atoms with Crippen molar-refractivity contribution in [3.05, 3.63) is 34.1 Å². The molecule has 5 heteroatoms. The summed E-state index contributed by atoms with van der Waals surface area (Å²) in [6.45, 7) is 5.99. The summed E-state index contributed by atoms with van der Waals surface area (Å²) < 4.78 is 13.7. The van der Waals surface area contributed by atoms with Crippen LogP contribution in [0.15, 0.2) is 22.7 Å². The first-order valence-electron chi connectivity index (χ1n) is 6.67. The van der Waals surface area contributed by atoms with Gasteiger partial charge in [0.15, 0.2) is 0 Å². The van der Waals surface area contributed by atoms with Crippen molar-refractivity contribution in [2.75, 3.05) is 6.54 Å². The lowest BCUT2D eigenvalue weighted by molar-refractivity contribution is 0.0429.